The number of hydrogen-bond acceptors (Lipinski definition) is 2. The topological polar surface area (TPSA) is 38.4 Å². The largest absolute Gasteiger partial charge is 0.383 e. The van der Waals surface area contributed by atoms with Crippen molar-refractivity contribution < 1.29 is 4.39 Å². The van der Waals surface area contributed by atoms with Gasteiger partial charge in [-0.1, -0.05) is 6.07 Å². The van der Waals surface area contributed by atoms with Gasteiger partial charge < -0.3 is 5.73 Å². The molecule has 0 unspecified atom stereocenters. The van der Waals surface area contributed by atoms with Gasteiger partial charge in [-0.15, -0.1) is 0 Å². The molecule has 0 atom stereocenters. The van der Waals surface area contributed by atoms with Crippen LogP contribution in [0.1, 0.15) is 11.1 Å². The van der Waals surface area contributed by atoms with Crippen LogP contribution in [0.25, 0.3) is 0 Å². The molecule has 0 amide bonds. The molecule has 1 aliphatic heterocycles. The molecule has 56 valence electrons. The highest BCUT2D eigenvalue weighted by Gasteiger charge is 2.12. The molecule has 0 fully saturated rings. The van der Waals surface area contributed by atoms with Gasteiger partial charge in [-0.25, -0.2) is 4.39 Å². The minimum absolute atomic E-state index is 0.260. The third-order valence-electron chi connectivity index (χ3n) is 1.77. The van der Waals surface area contributed by atoms with Gasteiger partial charge in [0.25, 0.3) is 0 Å². The van der Waals surface area contributed by atoms with E-state index in [1.54, 1.807) is 6.07 Å². The molecule has 3 heteroatoms. The van der Waals surface area contributed by atoms with Crippen LogP contribution in [0.15, 0.2) is 23.2 Å². The third-order valence-corrected chi connectivity index (χ3v) is 1.77. The van der Waals surface area contributed by atoms with Crippen LogP contribution < -0.4 is 5.73 Å². The second-order valence-corrected chi connectivity index (χ2v) is 2.50. The first kappa shape index (κ1) is 6.34. The molecule has 11 heavy (non-hydrogen) atoms. The van der Waals surface area contributed by atoms with E-state index < -0.39 is 0 Å². The lowest BCUT2D eigenvalue weighted by molar-refractivity contribution is 0.627. The van der Waals surface area contributed by atoms with E-state index in [4.69, 9.17) is 5.73 Å². The van der Waals surface area contributed by atoms with Gasteiger partial charge in [-0.2, -0.15) is 0 Å². The van der Waals surface area contributed by atoms with Gasteiger partial charge in [0, 0.05) is 5.56 Å². The van der Waals surface area contributed by atoms with E-state index in [9.17, 15) is 4.39 Å². The van der Waals surface area contributed by atoms with E-state index in [0.717, 1.165) is 11.1 Å². The van der Waals surface area contributed by atoms with Crippen LogP contribution in [0.2, 0.25) is 0 Å². The maximum atomic E-state index is 12.6. The summed E-state index contributed by atoms with van der Waals surface area (Å²) >= 11 is 0. The van der Waals surface area contributed by atoms with Crippen molar-refractivity contribution in [1.29, 1.82) is 0 Å². The van der Waals surface area contributed by atoms with Crippen LogP contribution in [-0.2, 0) is 6.54 Å². The van der Waals surface area contributed by atoms with Gasteiger partial charge in [-0.05, 0) is 17.7 Å². The predicted molar refractivity (Wildman–Crippen MR) is 40.8 cm³/mol. The molecule has 0 saturated heterocycles. The summed E-state index contributed by atoms with van der Waals surface area (Å²) in [6.07, 6.45) is 0. The van der Waals surface area contributed by atoms with Gasteiger partial charge in [-0.3, -0.25) is 4.99 Å². The van der Waals surface area contributed by atoms with E-state index >= 15 is 0 Å². The zero-order chi connectivity index (χ0) is 7.84. The summed E-state index contributed by atoms with van der Waals surface area (Å²) < 4.78 is 12.6. The molecule has 0 bridgehead atoms. The summed E-state index contributed by atoms with van der Waals surface area (Å²) in [5.41, 5.74) is 7.24. The smallest absolute Gasteiger partial charge is 0.126 e. The highest BCUT2D eigenvalue weighted by molar-refractivity contribution is 6.00. The Bertz CT molecular complexity index is 331. The molecule has 1 heterocycles. The van der Waals surface area contributed by atoms with E-state index in [1.807, 2.05) is 0 Å². The summed E-state index contributed by atoms with van der Waals surface area (Å²) in [4.78, 5) is 3.97. The number of fused-ring (bicyclic) bond motifs is 1. The fraction of sp³-hybridized carbons (Fsp3) is 0.125. The van der Waals surface area contributed by atoms with E-state index in [2.05, 4.69) is 4.99 Å². The maximum absolute atomic E-state index is 12.6. The normalized spacial score (nSPS) is 14.5. The van der Waals surface area contributed by atoms with Gasteiger partial charge in [0.05, 0.1) is 6.54 Å². The molecule has 0 saturated carbocycles. The van der Waals surface area contributed by atoms with E-state index in [-0.39, 0.29) is 5.82 Å². The molecule has 1 aliphatic rings. The van der Waals surface area contributed by atoms with Crippen LogP contribution in [0.3, 0.4) is 0 Å². The SMILES string of the molecule is NC1=NCc2ccc(F)cc21. The van der Waals surface area contributed by atoms with Crippen molar-refractivity contribution in [2.24, 2.45) is 10.7 Å². The van der Waals surface area contributed by atoms with Crippen LogP contribution in [-0.4, -0.2) is 5.84 Å². The molecular weight excluding hydrogens is 143 g/mol. The number of amidine groups is 1. The Morgan fingerprint density at radius 2 is 2.27 bits per heavy atom. The van der Waals surface area contributed by atoms with E-state index in [1.165, 1.54) is 12.1 Å². The second kappa shape index (κ2) is 2.05. The number of hydrogen-bond donors (Lipinski definition) is 1. The highest BCUT2D eigenvalue weighted by atomic mass is 19.1. The molecule has 1 aromatic rings. The van der Waals surface area contributed by atoms with E-state index in [0.29, 0.717) is 12.4 Å². The lowest BCUT2D eigenvalue weighted by Crippen LogP contribution is -2.10. The summed E-state index contributed by atoms with van der Waals surface area (Å²) in [6, 6.07) is 4.56. The number of nitrogens with zero attached hydrogens (tertiary/aromatic N) is 1. The van der Waals surface area contributed by atoms with Crippen molar-refractivity contribution in [2.45, 2.75) is 6.54 Å². The van der Waals surface area contributed by atoms with Crippen molar-refractivity contribution >= 4 is 5.84 Å². The first-order chi connectivity index (χ1) is 5.27. The van der Waals surface area contributed by atoms with Gasteiger partial charge in [0.2, 0.25) is 0 Å². The summed E-state index contributed by atoms with van der Waals surface area (Å²) in [7, 11) is 0. The molecule has 0 spiro atoms. The second-order valence-electron chi connectivity index (χ2n) is 2.50. The van der Waals surface area contributed by atoms with Crippen molar-refractivity contribution in [1.82, 2.24) is 0 Å². The fourth-order valence-electron chi connectivity index (χ4n) is 1.18. The minimum Gasteiger partial charge on any atom is -0.383 e. The average Bonchev–Trinajstić information content (AvgIpc) is 2.33. The Balaban J connectivity index is 2.60. The van der Waals surface area contributed by atoms with Crippen molar-refractivity contribution in [3.05, 3.63) is 35.1 Å². The van der Waals surface area contributed by atoms with Gasteiger partial charge in [0.15, 0.2) is 0 Å². The Morgan fingerprint density at radius 1 is 1.45 bits per heavy atom. The predicted octanol–water partition coefficient (Wildman–Crippen LogP) is 1.04. The Hall–Kier alpha value is -1.38. The van der Waals surface area contributed by atoms with Crippen molar-refractivity contribution in [2.75, 3.05) is 0 Å². The molecule has 2 N–H and O–H groups in total. The zero-order valence-corrected chi connectivity index (χ0v) is 5.84. The Labute approximate surface area is 63.6 Å². The standard InChI is InChI=1S/C8H7FN2/c9-6-2-1-5-4-11-8(10)7(5)3-6/h1-3H,4H2,(H2,10,11). The third kappa shape index (κ3) is 0.888. The number of aliphatic imine (C=N–C) groups is 1. The molecule has 1 aromatic carbocycles. The first-order valence-electron chi connectivity index (χ1n) is 3.36. The van der Waals surface area contributed by atoms with Crippen LogP contribution in [0, 0.1) is 5.82 Å². The number of benzene rings is 1. The molecule has 0 aromatic heterocycles. The first-order valence-corrected chi connectivity index (χ1v) is 3.36. The summed E-state index contributed by atoms with van der Waals surface area (Å²) in [6.45, 7) is 0.585. The molecule has 2 rings (SSSR count). The Kier molecular flexibility index (Phi) is 1.18. The summed E-state index contributed by atoms with van der Waals surface area (Å²) in [5.74, 6) is 0.184. The molecule has 0 radical (unpaired) electrons. The maximum Gasteiger partial charge on any atom is 0.126 e. The van der Waals surface area contributed by atoms with Crippen molar-refractivity contribution in [3.8, 4) is 0 Å². The summed E-state index contributed by atoms with van der Waals surface area (Å²) in [5, 5.41) is 0. The van der Waals surface area contributed by atoms with Crippen molar-refractivity contribution in [3.63, 3.8) is 0 Å². The molecule has 0 aliphatic carbocycles. The highest BCUT2D eigenvalue weighted by Crippen LogP contribution is 2.17. The lowest BCUT2D eigenvalue weighted by Gasteiger charge is -1.97. The molecular formula is C8H7FN2. The number of nitrogens with two attached hydrogens (primary N) is 1. The van der Waals surface area contributed by atoms with Crippen LogP contribution in [0.4, 0.5) is 4.39 Å². The lowest BCUT2D eigenvalue weighted by atomic mass is 10.1. The molecule has 2 nitrogen and oxygen atoms in total. The fourth-order valence-corrected chi connectivity index (χ4v) is 1.18. The average molecular weight is 150 g/mol. The van der Waals surface area contributed by atoms with Crippen LogP contribution in [0.5, 0.6) is 0 Å². The zero-order valence-electron chi connectivity index (χ0n) is 5.84. The monoisotopic (exact) mass is 150 g/mol. The number of rotatable bonds is 0. The quantitative estimate of drug-likeness (QED) is 0.589. The Morgan fingerprint density at radius 3 is 3.09 bits per heavy atom. The van der Waals surface area contributed by atoms with Gasteiger partial charge >= 0.3 is 0 Å². The van der Waals surface area contributed by atoms with Gasteiger partial charge in [0.1, 0.15) is 11.7 Å². The van der Waals surface area contributed by atoms with Crippen LogP contribution >= 0.6 is 0 Å². The minimum atomic E-state index is -0.260. The number of halogens is 1.